The highest BCUT2D eigenvalue weighted by atomic mass is 16.5. The van der Waals surface area contributed by atoms with Crippen molar-refractivity contribution in [2.45, 2.75) is 33.1 Å². The number of benzene rings is 1. The minimum absolute atomic E-state index is 0.0622. The monoisotopic (exact) mass is 341 g/mol. The lowest BCUT2D eigenvalue weighted by Gasteiger charge is -2.06. The molecule has 2 aromatic heterocycles. The summed E-state index contributed by atoms with van der Waals surface area (Å²) in [6, 6.07) is 8.94. The predicted octanol–water partition coefficient (Wildman–Crippen LogP) is 3.16. The van der Waals surface area contributed by atoms with Crippen LogP contribution in [0.5, 0.6) is 11.6 Å². The normalized spacial score (nSPS) is 10.6. The van der Waals surface area contributed by atoms with E-state index in [1.54, 1.807) is 37.3 Å². The number of aryl methyl sites for hydroxylation is 3. The van der Waals surface area contributed by atoms with E-state index in [-0.39, 0.29) is 5.91 Å². The lowest BCUT2D eigenvalue weighted by molar-refractivity contribution is -0.116. The zero-order valence-corrected chi connectivity index (χ0v) is 14.1. The minimum Gasteiger partial charge on any atom is -0.438 e. The molecule has 2 N–H and O–H groups in total. The lowest BCUT2D eigenvalue weighted by Crippen LogP contribution is -2.11. The van der Waals surface area contributed by atoms with Crippen LogP contribution in [0.15, 0.2) is 34.9 Å². The molecule has 8 nitrogen and oxygen atoms in total. The van der Waals surface area contributed by atoms with Gasteiger partial charge in [0.1, 0.15) is 5.75 Å². The predicted molar refractivity (Wildman–Crippen MR) is 90.4 cm³/mol. The van der Waals surface area contributed by atoms with E-state index < -0.39 is 0 Å². The molecule has 0 radical (unpaired) electrons. The third-order valence-electron chi connectivity index (χ3n) is 3.41. The molecule has 25 heavy (non-hydrogen) atoms. The van der Waals surface area contributed by atoms with Gasteiger partial charge < -0.3 is 14.6 Å². The van der Waals surface area contributed by atoms with Gasteiger partial charge in [0.15, 0.2) is 5.82 Å². The average Bonchev–Trinajstić information content (AvgIpc) is 3.18. The topological polar surface area (TPSA) is 106 Å². The Morgan fingerprint density at radius 3 is 2.72 bits per heavy atom. The van der Waals surface area contributed by atoms with Crippen LogP contribution in [-0.4, -0.2) is 26.2 Å². The summed E-state index contributed by atoms with van der Waals surface area (Å²) in [6.07, 6.45) is 1.61. The second kappa shape index (κ2) is 7.61. The average molecular weight is 341 g/mol. The SMILES string of the molecule is Cc1noc(CCCC(=O)Nc2ccc(Oc3cc(C)[nH]n3)cc2)n1. The highest BCUT2D eigenvalue weighted by Crippen LogP contribution is 2.22. The molecule has 0 aliphatic heterocycles. The minimum atomic E-state index is -0.0622. The van der Waals surface area contributed by atoms with E-state index in [0.29, 0.717) is 48.3 Å². The van der Waals surface area contributed by atoms with E-state index in [1.165, 1.54) is 0 Å². The number of nitrogens with zero attached hydrogens (tertiary/aromatic N) is 3. The lowest BCUT2D eigenvalue weighted by atomic mass is 10.2. The molecule has 0 atom stereocenters. The van der Waals surface area contributed by atoms with E-state index in [1.807, 2.05) is 6.92 Å². The van der Waals surface area contributed by atoms with Gasteiger partial charge in [-0.2, -0.15) is 4.98 Å². The number of aromatic nitrogens is 4. The number of ether oxygens (including phenoxy) is 1. The van der Waals surface area contributed by atoms with E-state index in [2.05, 4.69) is 25.7 Å². The van der Waals surface area contributed by atoms with E-state index in [4.69, 9.17) is 9.26 Å². The van der Waals surface area contributed by atoms with Crippen LogP contribution in [0.4, 0.5) is 5.69 Å². The Kier molecular flexibility index (Phi) is 5.08. The summed E-state index contributed by atoms with van der Waals surface area (Å²) in [5.74, 6) is 2.25. The number of nitrogens with one attached hydrogen (secondary N) is 2. The zero-order chi connectivity index (χ0) is 17.6. The third-order valence-corrected chi connectivity index (χ3v) is 3.41. The smallest absolute Gasteiger partial charge is 0.238 e. The van der Waals surface area contributed by atoms with Crippen molar-refractivity contribution in [3.8, 4) is 11.6 Å². The molecule has 0 aliphatic rings. The Balaban J connectivity index is 1.44. The van der Waals surface area contributed by atoms with Crippen LogP contribution < -0.4 is 10.1 Å². The molecule has 0 aliphatic carbocycles. The first kappa shape index (κ1) is 16.7. The molecule has 0 unspecified atom stereocenters. The fraction of sp³-hybridized carbons (Fsp3) is 0.294. The molecule has 8 heteroatoms. The Labute approximate surface area is 144 Å². The Hall–Kier alpha value is -3.16. The molecule has 130 valence electrons. The van der Waals surface area contributed by atoms with Crippen LogP contribution in [0.25, 0.3) is 0 Å². The number of carbonyl (C=O) groups is 1. The summed E-state index contributed by atoms with van der Waals surface area (Å²) in [7, 11) is 0. The van der Waals surface area contributed by atoms with Crippen LogP contribution in [0.3, 0.4) is 0 Å². The van der Waals surface area contributed by atoms with Gasteiger partial charge in [0.25, 0.3) is 0 Å². The first-order valence-corrected chi connectivity index (χ1v) is 7.97. The van der Waals surface area contributed by atoms with Crippen molar-refractivity contribution in [2.24, 2.45) is 0 Å². The number of rotatable bonds is 7. The number of hydrogen-bond acceptors (Lipinski definition) is 6. The van der Waals surface area contributed by atoms with E-state index in [0.717, 1.165) is 5.69 Å². The van der Waals surface area contributed by atoms with Gasteiger partial charge in [-0.05, 0) is 44.5 Å². The molecule has 1 aromatic carbocycles. The van der Waals surface area contributed by atoms with E-state index >= 15 is 0 Å². The number of carbonyl (C=O) groups excluding carboxylic acids is 1. The number of H-pyrrole nitrogens is 1. The standard InChI is InChI=1S/C17H19N5O3/c1-11-10-17(21-20-11)24-14-8-6-13(7-9-14)19-15(23)4-3-5-16-18-12(2)22-25-16/h6-10H,3-5H2,1-2H3,(H,19,23)(H,20,21). The van der Waals surface area contributed by atoms with E-state index in [9.17, 15) is 4.79 Å². The van der Waals surface area contributed by atoms with Crippen LogP contribution in [0, 0.1) is 13.8 Å². The Bertz CT molecular complexity index is 838. The van der Waals surface area contributed by atoms with Gasteiger partial charge in [-0.25, -0.2) is 0 Å². The molecule has 3 aromatic rings. The van der Waals surface area contributed by atoms with Crippen molar-refractivity contribution < 1.29 is 14.1 Å². The van der Waals surface area contributed by atoms with Crippen LogP contribution in [0.1, 0.15) is 30.3 Å². The van der Waals surface area contributed by atoms with Crippen molar-refractivity contribution >= 4 is 11.6 Å². The fourth-order valence-electron chi connectivity index (χ4n) is 2.24. The maximum Gasteiger partial charge on any atom is 0.238 e. The summed E-state index contributed by atoms with van der Waals surface area (Å²) in [6.45, 7) is 3.67. The summed E-state index contributed by atoms with van der Waals surface area (Å²) in [5, 5.41) is 13.4. The quantitative estimate of drug-likeness (QED) is 0.684. The Morgan fingerprint density at radius 1 is 1.28 bits per heavy atom. The van der Waals surface area contributed by atoms with Gasteiger partial charge in [0, 0.05) is 30.3 Å². The summed E-state index contributed by atoms with van der Waals surface area (Å²) < 4.78 is 10.6. The van der Waals surface area contributed by atoms with Crippen molar-refractivity contribution in [3.63, 3.8) is 0 Å². The summed E-state index contributed by atoms with van der Waals surface area (Å²) in [4.78, 5) is 16.1. The number of aromatic amines is 1. The molecule has 0 saturated carbocycles. The largest absolute Gasteiger partial charge is 0.438 e. The summed E-state index contributed by atoms with van der Waals surface area (Å²) >= 11 is 0. The molecule has 0 saturated heterocycles. The van der Waals surface area contributed by atoms with Gasteiger partial charge in [-0.15, -0.1) is 5.10 Å². The van der Waals surface area contributed by atoms with Crippen molar-refractivity contribution in [1.29, 1.82) is 0 Å². The van der Waals surface area contributed by atoms with Gasteiger partial charge in [0.2, 0.25) is 17.7 Å². The number of hydrogen-bond donors (Lipinski definition) is 2. The third kappa shape index (κ3) is 4.90. The van der Waals surface area contributed by atoms with Crippen molar-refractivity contribution in [3.05, 3.63) is 47.7 Å². The number of anilines is 1. The van der Waals surface area contributed by atoms with Gasteiger partial charge in [-0.1, -0.05) is 5.16 Å². The summed E-state index contributed by atoms with van der Waals surface area (Å²) in [5.41, 5.74) is 1.64. The molecular weight excluding hydrogens is 322 g/mol. The number of amides is 1. The van der Waals surface area contributed by atoms with Gasteiger partial charge in [-0.3, -0.25) is 9.89 Å². The highest BCUT2D eigenvalue weighted by molar-refractivity contribution is 5.90. The molecule has 0 bridgehead atoms. The van der Waals surface area contributed by atoms with Crippen LogP contribution in [-0.2, 0) is 11.2 Å². The molecule has 1 amide bonds. The molecule has 0 fully saturated rings. The molecule has 2 heterocycles. The van der Waals surface area contributed by atoms with Gasteiger partial charge in [0.05, 0.1) is 0 Å². The van der Waals surface area contributed by atoms with Crippen LogP contribution in [0.2, 0.25) is 0 Å². The van der Waals surface area contributed by atoms with Crippen molar-refractivity contribution in [2.75, 3.05) is 5.32 Å². The molecule has 3 rings (SSSR count). The Morgan fingerprint density at radius 2 is 2.08 bits per heavy atom. The maximum atomic E-state index is 12.0. The highest BCUT2D eigenvalue weighted by Gasteiger charge is 2.07. The molecular formula is C17H19N5O3. The molecule has 0 spiro atoms. The first-order valence-electron chi connectivity index (χ1n) is 7.97. The van der Waals surface area contributed by atoms with Crippen molar-refractivity contribution in [1.82, 2.24) is 20.3 Å². The second-order valence-corrected chi connectivity index (χ2v) is 5.65. The zero-order valence-electron chi connectivity index (χ0n) is 14.1. The first-order chi connectivity index (χ1) is 12.1. The van der Waals surface area contributed by atoms with Gasteiger partial charge >= 0.3 is 0 Å². The fourth-order valence-corrected chi connectivity index (χ4v) is 2.24. The van der Waals surface area contributed by atoms with Crippen LogP contribution >= 0.6 is 0 Å². The maximum absolute atomic E-state index is 12.0. The second-order valence-electron chi connectivity index (χ2n) is 5.65.